The lowest BCUT2D eigenvalue weighted by atomic mass is 10.2. The van der Waals surface area contributed by atoms with Crippen molar-refractivity contribution in [1.29, 1.82) is 0 Å². The van der Waals surface area contributed by atoms with Gasteiger partial charge in [0.05, 0.1) is 6.04 Å². The van der Waals surface area contributed by atoms with Gasteiger partial charge in [-0.1, -0.05) is 46.3 Å². The van der Waals surface area contributed by atoms with Gasteiger partial charge in [0.1, 0.15) is 10.0 Å². The second-order valence-electron chi connectivity index (χ2n) is 3.70. The molecule has 0 amide bonds. The van der Waals surface area contributed by atoms with Crippen LogP contribution in [0.3, 0.4) is 0 Å². The molecule has 0 aliphatic carbocycles. The number of hydrogen-bond acceptors (Lipinski definition) is 4. The Morgan fingerprint density at radius 2 is 2.00 bits per heavy atom. The van der Waals surface area contributed by atoms with E-state index in [9.17, 15) is 0 Å². The number of halogens is 1. The van der Waals surface area contributed by atoms with Crippen LogP contribution in [-0.4, -0.2) is 17.2 Å². The van der Waals surface area contributed by atoms with Crippen LogP contribution in [0.15, 0.2) is 28.7 Å². The molecule has 1 aromatic heterocycles. The average Bonchev–Trinajstić information content (AvgIpc) is 2.81. The largest absolute Gasteiger partial charge is 0.311 e. The topological polar surface area (TPSA) is 37.8 Å². The Morgan fingerprint density at radius 1 is 1.29 bits per heavy atom. The monoisotopic (exact) mass is 311 g/mol. The molecule has 0 saturated heterocycles. The van der Waals surface area contributed by atoms with Crippen LogP contribution in [0.25, 0.3) is 10.6 Å². The van der Waals surface area contributed by atoms with Crippen LogP contribution >= 0.6 is 27.3 Å². The molecule has 1 heterocycles. The summed E-state index contributed by atoms with van der Waals surface area (Å²) in [5.41, 5.74) is 1.11. The highest BCUT2D eigenvalue weighted by Crippen LogP contribution is 2.28. The molecule has 1 aromatic carbocycles. The molecular weight excluding hydrogens is 298 g/mol. The average molecular weight is 312 g/mol. The minimum atomic E-state index is 0.302. The SMILES string of the molecule is CCC(NC)c1nnc(-c2ccc(Br)cc2)s1. The van der Waals surface area contributed by atoms with E-state index in [1.165, 1.54) is 0 Å². The molecule has 90 valence electrons. The van der Waals surface area contributed by atoms with Crippen LogP contribution in [0.4, 0.5) is 0 Å². The number of aromatic nitrogens is 2. The number of nitrogens with zero attached hydrogens (tertiary/aromatic N) is 2. The Bertz CT molecular complexity index is 477. The van der Waals surface area contributed by atoms with Gasteiger partial charge < -0.3 is 5.32 Å². The van der Waals surface area contributed by atoms with Gasteiger partial charge in [0, 0.05) is 10.0 Å². The van der Waals surface area contributed by atoms with Gasteiger partial charge in [-0.15, -0.1) is 10.2 Å². The Hall–Kier alpha value is -0.780. The molecule has 1 unspecified atom stereocenters. The number of benzene rings is 1. The first kappa shape index (κ1) is 12.7. The number of rotatable bonds is 4. The third kappa shape index (κ3) is 2.91. The summed E-state index contributed by atoms with van der Waals surface area (Å²) < 4.78 is 1.08. The number of nitrogens with one attached hydrogen (secondary N) is 1. The fourth-order valence-electron chi connectivity index (χ4n) is 1.59. The van der Waals surface area contributed by atoms with E-state index >= 15 is 0 Å². The Balaban J connectivity index is 2.26. The summed E-state index contributed by atoms with van der Waals surface area (Å²) >= 11 is 5.08. The van der Waals surface area contributed by atoms with E-state index in [4.69, 9.17) is 0 Å². The molecule has 3 nitrogen and oxygen atoms in total. The lowest BCUT2D eigenvalue weighted by molar-refractivity contribution is 0.568. The van der Waals surface area contributed by atoms with Crippen molar-refractivity contribution in [3.63, 3.8) is 0 Å². The van der Waals surface area contributed by atoms with Crippen LogP contribution in [0.2, 0.25) is 0 Å². The summed E-state index contributed by atoms with van der Waals surface area (Å²) in [6.45, 7) is 2.14. The zero-order chi connectivity index (χ0) is 12.3. The Morgan fingerprint density at radius 3 is 2.59 bits per heavy atom. The zero-order valence-corrected chi connectivity index (χ0v) is 12.2. The first-order chi connectivity index (χ1) is 8.24. The van der Waals surface area contributed by atoms with Crippen molar-refractivity contribution in [1.82, 2.24) is 15.5 Å². The highest BCUT2D eigenvalue weighted by atomic mass is 79.9. The highest BCUT2D eigenvalue weighted by Gasteiger charge is 2.13. The van der Waals surface area contributed by atoms with E-state index in [1.807, 2.05) is 19.2 Å². The van der Waals surface area contributed by atoms with Crippen LogP contribution in [0.1, 0.15) is 24.4 Å². The molecule has 0 saturated carbocycles. The van der Waals surface area contributed by atoms with Crippen molar-refractivity contribution < 1.29 is 0 Å². The zero-order valence-electron chi connectivity index (χ0n) is 9.77. The molecule has 2 rings (SSSR count). The first-order valence-electron chi connectivity index (χ1n) is 5.51. The normalized spacial score (nSPS) is 12.6. The second-order valence-corrected chi connectivity index (χ2v) is 5.63. The summed E-state index contributed by atoms with van der Waals surface area (Å²) in [6, 6.07) is 8.44. The van der Waals surface area contributed by atoms with Crippen LogP contribution < -0.4 is 5.32 Å². The standard InChI is InChI=1S/C12H14BrN3S/c1-3-10(14-2)12-16-15-11(17-12)8-4-6-9(13)7-5-8/h4-7,10,14H,3H2,1-2H3. The predicted molar refractivity (Wildman–Crippen MR) is 75.1 cm³/mol. The maximum Gasteiger partial charge on any atom is 0.147 e. The summed E-state index contributed by atoms with van der Waals surface area (Å²) in [5.74, 6) is 0. The van der Waals surface area contributed by atoms with Crippen molar-refractivity contribution in [3.05, 3.63) is 33.7 Å². The van der Waals surface area contributed by atoms with Crippen molar-refractivity contribution in [3.8, 4) is 10.6 Å². The van der Waals surface area contributed by atoms with Gasteiger partial charge in [-0.25, -0.2) is 0 Å². The van der Waals surface area contributed by atoms with Crippen LogP contribution in [-0.2, 0) is 0 Å². The molecule has 0 aliphatic rings. The molecule has 0 spiro atoms. The van der Waals surface area contributed by atoms with E-state index in [0.29, 0.717) is 6.04 Å². The maximum atomic E-state index is 4.25. The molecule has 1 atom stereocenters. The maximum absolute atomic E-state index is 4.25. The predicted octanol–water partition coefficient (Wildman–Crippen LogP) is 3.64. The molecule has 17 heavy (non-hydrogen) atoms. The molecule has 0 fully saturated rings. The molecule has 5 heteroatoms. The lowest BCUT2D eigenvalue weighted by Crippen LogP contribution is -2.14. The van der Waals surface area contributed by atoms with Gasteiger partial charge >= 0.3 is 0 Å². The van der Waals surface area contributed by atoms with E-state index in [1.54, 1.807) is 11.3 Å². The lowest BCUT2D eigenvalue weighted by Gasteiger charge is -2.07. The molecule has 0 aliphatic heterocycles. The minimum absolute atomic E-state index is 0.302. The molecule has 0 radical (unpaired) electrons. The van der Waals surface area contributed by atoms with Gasteiger partial charge in [-0.05, 0) is 25.6 Å². The van der Waals surface area contributed by atoms with Gasteiger partial charge in [-0.3, -0.25) is 0 Å². The van der Waals surface area contributed by atoms with E-state index < -0.39 is 0 Å². The highest BCUT2D eigenvalue weighted by molar-refractivity contribution is 9.10. The summed E-state index contributed by atoms with van der Waals surface area (Å²) in [5, 5.41) is 13.8. The summed E-state index contributed by atoms with van der Waals surface area (Å²) in [4.78, 5) is 0. The van der Waals surface area contributed by atoms with Gasteiger partial charge in [-0.2, -0.15) is 0 Å². The smallest absolute Gasteiger partial charge is 0.147 e. The fraction of sp³-hybridized carbons (Fsp3) is 0.333. The summed E-state index contributed by atoms with van der Waals surface area (Å²) in [6.07, 6.45) is 1.02. The van der Waals surface area contributed by atoms with E-state index in [-0.39, 0.29) is 0 Å². The number of hydrogen-bond donors (Lipinski definition) is 1. The van der Waals surface area contributed by atoms with Crippen LogP contribution in [0.5, 0.6) is 0 Å². The first-order valence-corrected chi connectivity index (χ1v) is 7.12. The molecule has 0 bridgehead atoms. The van der Waals surface area contributed by atoms with E-state index in [0.717, 1.165) is 26.5 Å². The van der Waals surface area contributed by atoms with Gasteiger partial charge in [0.2, 0.25) is 0 Å². The third-order valence-electron chi connectivity index (χ3n) is 2.59. The van der Waals surface area contributed by atoms with Gasteiger partial charge in [0.25, 0.3) is 0 Å². The fourth-order valence-corrected chi connectivity index (χ4v) is 2.89. The van der Waals surface area contributed by atoms with Crippen molar-refractivity contribution in [2.75, 3.05) is 7.05 Å². The molecule has 2 aromatic rings. The van der Waals surface area contributed by atoms with Gasteiger partial charge in [0.15, 0.2) is 0 Å². The van der Waals surface area contributed by atoms with Crippen molar-refractivity contribution in [2.45, 2.75) is 19.4 Å². The van der Waals surface area contributed by atoms with Crippen molar-refractivity contribution >= 4 is 27.3 Å². The van der Waals surface area contributed by atoms with Crippen molar-refractivity contribution in [2.24, 2.45) is 0 Å². The Kier molecular flexibility index (Phi) is 4.25. The Labute approximate surface area is 113 Å². The summed E-state index contributed by atoms with van der Waals surface area (Å²) in [7, 11) is 1.95. The van der Waals surface area contributed by atoms with E-state index in [2.05, 4.69) is 50.5 Å². The third-order valence-corrected chi connectivity index (χ3v) is 4.20. The van der Waals surface area contributed by atoms with Crippen LogP contribution in [0, 0.1) is 0 Å². The quantitative estimate of drug-likeness (QED) is 0.936. The minimum Gasteiger partial charge on any atom is -0.311 e. The molecule has 1 N–H and O–H groups in total. The molecular formula is C12H14BrN3S. The second kappa shape index (κ2) is 5.71.